The molecule has 2 rings (SSSR count). The maximum Gasteiger partial charge on any atom is 0.313 e. The largest absolute Gasteiger partial charge is 0.481 e. The van der Waals surface area contributed by atoms with Gasteiger partial charge in [0.2, 0.25) is 0 Å². The number of nitro groups is 1. The molecule has 0 aliphatic carbocycles. The van der Waals surface area contributed by atoms with Crippen LogP contribution in [0.1, 0.15) is 6.42 Å². The fourth-order valence-electron chi connectivity index (χ4n) is 2.68. The van der Waals surface area contributed by atoms with Gasteiger partial charge in [-0.15, -0.1) is 0 Å². The van der Waals surface area contributed by atoms with E-state index in [2.05, 4.69) is 0 Å². The summed E-state index contributed by atoms with van der Waals surface area (Å²) in [7, 11) is 1.41. The van der Waals surface area contributed by atoms with Gasteiger partial charge in [-0.05, 0) is 12.5 Å². The second-order valence-corrected chi connectivity index (χ2v) is 5.60. The third-order valence-corrected chi connectivity index (χ3v) is 3.99. The van der Waals surface area contributed by atoms with Crippen LogP contribution in [0.3, 0.4) is 0 Å². The van der Waals surface area contributed by atoms with E-state index in [0.717, 1.165) is 0 Å². The summed E-state index contributed by atoms with van der Waals surface area (Å²) in [6.45, 7) is -0.0886. The van der Waals surface area contributed by atoms with Gasteiger partial charge >= 0.3 is 11.7 Å². The number of rotatable bonds is 7. The van der Waals surface area contributed by atoms with Crippen molar-refractivity contribution in [1.82, 2.24) is 4.90 Å². The maximum absolute atomic E-state index is 12.2. The molecule has 0 bridgehead atoms. The zero-order valence-corrected chi connectivity index (χ0v) is 13.1. The predicted molar refractivity (Wildman–Crippen MR) is 81.7 cm³/mol. The number of carbonyl (C=O) groups is 2. The Morgan fingerprint density at radius 3 is 2.75 bits per heavy atom. The first-order valence-electron chi connectivity index (χ1n) is 7.26. The number of amides is 1. The first-order chi connectivity index (χ1) is 11.4. The number of carboxylic acid groups (broad SMARTS) is 1. The van der Waals surface area contributed by atoms with Crippen LogP contribution < -0.4 is 4.74 Å². The number of aliphatic carboxylic acids is 1. The van der Waals surface area contributed by atoms with Crippen LogP contribution >= 0.6 is 0 Å². The summed E-state index contributed by atoms with van der Waals surface area (Å²) in [6.07, 6.45) is 0.285. The molecule has 1 aliphatic heterocycles. The van der Waals surface area contributed by atoms with Gasteiger partial charge in [-0.3, -0.25) is 19.7 Å². The number of para-hydroxylation sites is 2. The Labute approximate surface area is 137 Å². The Morgan fingerprint density at radius 1 is 1.42 bits per heavy atom. The Kier molecular flexibility index (Phi) is 5.35. The highest BCUT2D eigenvalue weighted by Crippen LogP contribution is 2.31. The summed E-state index contributed by atoms with van der Waals surface area (Å²) < 4.78 is 10.2. The van der Waals surface area contributed by atoms with Gasteiger partial charge < -0.3 is 19.5 Å². The van der Waals surface area contributed by atoms with Crippen LogP contribution in [0.2, 0.25) is 0 Å². The minimum absolute atomic E-state index is 0.00330. The molecule has 9 heteroatoms. The van der Waals surface area contributed by atoms with Gasteiger partial charge in [-0.2, -0.15) is 0 Å². The summed E-state index contributed by atoms with van der Waals surface area (Å²) in [5, 5.41) is 20.3. The molecule has 1 amide bonds. The topological polar surface area (TPSA) is 119 Å². The molecule has 0 aromatic heterocycles. The van der Waals surface area contributed by atoms with Crippen LogP contribution in [0.15, 0.2) is 24.3 Å². The number of carboxylic acids is 1. The molecule has 1 aliphatic rings. The van der Waals surface area contributed by atoms with E-state index in [-0.39, 0.29) is 37.6 Å². The number of nitro benzene ring substituents is 1. The van der Waals surface area contributed by atoms with Gasteiger partial charge in [-0.1, -0.05) is 12.1 Å². The molecule has 9 nitrogen and oxygen atoms in total. The normalized spacial score (nSPS) is 20.0. The number of nitrogens with zero attached hydrogens (tertiary/aromatic N) is 2. The van der Waals surface area contributed by atoms with Crippen molar-refractivity contribution < 1.29 is 29.1 Å². The van der Waals surface area contributed by atoms with Crippen molar-refractivity contribution in [3.8, 4) is 5.75 Å². The minimum atomic E-state index is -1.12. The lowest BCUT2D eigenvalue weighted by Crippen LogP contribution is -2.41. The average Bonchev–Trinajstić information content (AvgIpc) is 2.99. The van der Waals surface area contributed by atoms with Crippen molar-refractivity contribution in [3.05, 3.63) is 34.4 Å². The van der Waals surface area contributed by atoms with E-state index in [4.69, 9.17) is 9.47 Å². The molecule has 0 spiro atoms. The summed E-state index contributed by atoms with van der Waals surface area (Å²) in [5.74, 6) is -1.44. The lowest BCUT2D eigenvalue weighted by molar-refractivity contribution is -0.385. The van der Waals surface area contributed by atoms with Crippen LogP contribution in [0.5, 0.6) is 5.75 Å². The molecule has 1 N–H and O–H groups in total. The van der Waals surface area contributed by atoms with E-state index in [0.29, 0.717) is 0 Å². The van der Waals surface area contributed by atoms with Crippen molar-refractivity contribution in [3.63, 3.8) is 0 Å². The number of methoxy groups -OCH3 is 1. The van der Waals surface area contributed by atoms with Gasteiger partial charge in [-0.25, -0.2) is 0 Å². The fraction of sp³-hybridized carbons (Fsp3) is 0.467. The van der Waals surface area contributed by atoms with Crippen molar-refractivity contribution in [1.29, 1.82) is 0 Å². The molecule has 1 unspecified atom stereocenters. The molecule has 1 saturated heterocycles. The summed E-state index contributed by atoms with van der Waals surface area (Å²) >= 11 is 0. The molecule has 24 heavy (non-hydrogen) atoms. The lowest BCUT2D eigenvalue weighted by Gasteiger charge is -2.23. The molecule has 1 aromatic carbocycles. The smallest absolute Gasteiger partial charge is 0.313 e. The standard InChI is InChI=1S/C15H18N2O7/c1-23-10-15(14(19)20)6-7-16(9-15)13(18)8-24-12-5-3-2-4-11(12)17(21)22/h2-5H,6-10H2,1H3,(H,19,20). The SMILES string of the molecule is COCC1(C(=O)O)CCN(C(=O)COc2ccccc2[N+](=O)[O-])C1. The minimum Gasteiger partial charge on any atom is -0.481 e. The Balaban J connectivity index is 1.99. The monoisotopic (exact) mass is 338 g/mol. The third kappa shape index (κ3) is 3.62. The van der Waals surface area contributed by atoms with E-state index < -0.39 is 28.8 Å². The average molecular weight is 338 g/mol. The van der Waals surface area contributed by atoms with Gasteiger partial charge in [0.25, 0.3) is 5.91 Å². The molecular formula is C15H18N2O7. The van der Waals surface area contributed by atoms with Crippen molar-refractivity contribution in [2.45, 2.75) is 6.42 Å². The molecule has 1 aromatic rings. The highest BCUT2D eigenvalue weighted by atomic mass is 16.6. The van der Waals surface area contributed by atoms with E-state index in [1.165, 1.54) is 30.2 Å². The lowest BCUT2D eigenvalue weighted by atomic mass is 9.88. The predicted octanol–water partition coefficient (Wildman–Crippen LogP) is 0.923. The van der Waals surface area contributed by atoms with Crippen LogP contribution in [0.25, 0.3) is 0 Å². The molecule has 1 fully saturated rings. The number of benzene rings is 1. The van der Waals surface area contributed by atoms with E-state index in [9.17, 15) is 24.8 Å². The van der Waals surface area contributed by atoms with Crippen LogP contribution in [-0.4, -0.2) is 60.2 Å². The second-order valence-electron chi connectivity index (χ2n) is 5.60. The quantitative estimate of drug-likeness (QED) is 0.580. The Morgan fingerprint density at radius 2 is 2.12 bits per heavy atom. The van der Waals surface area contributed by atoms with Gasteiger partial charge in [0.05, 0.1) is 11.5 Å². The number of hydrogen-bond donors (Lipinski definition) is 1. The molecule has 1 heterocycles. The summed E-state index contributed by atoms with van der Waals surface area (Å²) in [4.78, 5) is 35.4. The van der Waals surface area contributed by atoms with Crippen LogP contribution in [0, 0.1) is 15.5 Å². The zero-order valence-electron chi connectivity index (χ0n) is 13.1. The summed E-state index contributed by atoms with van der Waals surface area (Å²) in [5.41, 5.74) is -1.35. The molecule has 0 radical (unpaired) electrons. The highest BCUT2D eigenvalue weighted by Gasteiger charge is 2.46. The molecule has 1 atom stereocenters. The van der Waals surface area contributed by atoms with Crippen LogP contribution in [-0.2, 0) is 14.3 Å². The number of carbonyl (C=O) groups excluding carboxylic acids is 1. The first-order valence-corrected chi connectivity index (χ1v) is 7.26. The maximum atomic E-state index is 12.2. The van der Waals surface area contributed by atoms with Crippen molar-refractivity contribution in [2.75, 3.05) is 33.4 Å². The second kappa shape index (κ2) is 7.26. The third-order valence-electron chi connectivity index (χ3n) is 3.99. The van der Waals surface area contributed by atoms with Crippen molar-refractivity contribution in [2.24, 2.45) is 5.41 Å². The molecule has 130 valence electrons. The van der Waals surface area contributed by atoms with Crippen molar-refractivity contribution >= 4 is 17.6 Å². The van der Waals surface area contributed by atoms with E-state index >= 15 is 0 Å². The van der Waals surface area contributed by atoms with E-state index in [1.54, 1.807) is 6.07 Å². The number of likely N-dealkylation sites (tertiary alicyclic amines) is 1. The highest BCUT2D eigenvalue weighted by molar-refractivity contribution is 5.81. The van der Waals surface area contributed by atoms with E-state index in [1.807, 2.05) is 0 Å². The first kappa shape index (κ1) is 17.7. The molecule has 0 saturated carbocycles. The number of hydrogen-bond acceptors (Lipinski definition) is 6. The summed E-state index contributed by atoms with van der Waals surface area (Å²) in [6, 6.07) is 5.75. The zero-order chi connectivity index (χ0) is 17.7. The van der Waals surface area contributed by atoms with Gasteiger partial charge in [0.1, 0.15) is 5.41 Å². The Hall–Kier alpha value is -2.68. The van der Waals surface area contributed by atoms with Crippen LogP contribution in [0.4, 0.5) is 5.69 Å². The number of ether oxygens (including phenoxy) is 2. The van der Waals surface area contributed by atoms with Gasteiger partial charge in [0, 0.05) is 26.3 Å². The van der Waals surface area contributed by atoms with Gasteiger partial charge in [0.15, 0.2) is 12.4 Å². The Bertz CT molecular complexity index is 648. The molecular weight excluding hydrogens is 320 g/mol. The fourth-order valence-corrected chi connectivity index (χ4v) is 2.68.